The van der Waals surface area contributed by atoms with Gasteiger partial charge in [-0.25, -0.2) is 0 Å². The highest BCUT2D eigenvalue weighted by Gasteiger charge is 2.23. The summed E-state index contributed by atoms with van der Waals surface area (Å²) in [6.45, 7) is 6.48. The van der Waals surface area contributed by atoms with E-state index in [1.54, 1.807) is 24.3 Å². The Balaban J connectivity index is 2.77. The molecule has 0 aliphatic rings. The molecule has 0 radical (unpaired) electrons. The zero-order chi connectivity index (χ0) is 13.8. The molecular weight excluding hydrogens is 246 g/mol. The van der Waals surface area contributed by atoms with Gasteiger partial charge in [0, 0.05) is 17.9 Å². The second-order valence-corrected chi connectivity index (χ2v) is 5.82. The Morgan fingerprint density at radius 3 is 2.33 bits per heavy atom. The minimum atomic E-state index is -0.535. The third-order valence-electron chi connectivity index (χ3n) is 2.71. The van der Waals surface area contributed by atoms with Crippen LogP contribution in [0.3, 0.4) is 0 Å². The van der Waals surface area contributed by atoms with E-state index in [9.17, 15) is 9.90 Å². The normalized spacial score (nSPS) is 13.2. The molecule has 2 N–H and O–H groups in total. The fourth-order valence-corrected chi connectivity index (χ4v) is 1.70. The van der Waals surface area contributed by atoms with Crippen LogP contribution in [0, 0.1) is 5.41 Å². The van der Waals surface area contributed by atoms with Crippen molar-refractivity contribution in [1.29, 1.82) is 0 Å². The fraction of sp³-hybridized carbons (Fsp3) is 0.500. The summed E-state index contributed by atoms with van der Waals surface area (Å²) in [5.41, 5.74) is 1.21. The molecular formula is C14H21NO2S. The van der Waals surface area contributed by atoms with E-state index in [1.807, 2.05) is 20.8 Å². The molecule has 0 saturated heterocycles. The Morgan fingerprint density at radius 1 is 1.33 bits per heavy atom. The lowest BCUT2D eigenvalue weighted by atomic mass is 9.84. The quantitative estimate of drug-likeness (QED) is 0.734. The number of aliphatic hydroxyl groups excluding tert-OH is 1. The van der Waals surface area contributed by atoms with Crippen LogP contribution in [-0.4, -0.2) is 23.3 Å². The van der Waals surface area contributed by atoms with Crippen LogP contribution < -0.4 is 5.32 Å². The fourth-order valence-electron chi connectivity index (χ4n) is 1.59. The summed E-state index contributed by atoms with van der Waals surface area (Å²) < 4.78 is 0. The molecule has 1 rings (SSSR count). The van der Waals surface area contributed by atoms with Gasteiger partial charge in [-0.3, -0.25) is 4.79 Å². The summed E-state index contributed by atoms with van der Waals surface area (Å²) in [4.78, 5) is 11.7. The first kappa shape index (κ1) is 15.1. The minimum absolute atomic E-state index is 0.110. The van der Waals surface area contributed by atoms with Gasteiger partial charge in [0.25, 0.3) is 5.91 Å². The van der Waals surface area contributed by atoms with Gasteiger partial charge in [-0.15, -0.1) is 0 Å². The van der Waals surface area contributed by atoms with Crippen molar-refractivity contribution >= 4 is 18.5 Å². The summed E-state index contributed by atoms with van der Waals surface area (Å²) in [7, 11) is 0. The molecule has 1 aromatic carbocycles. The van der Waals surface area contributed by atoms with Gasteiger partial charge in [0.1, 0.15) is 0 Å². The molecule has 3 nitrogen and oxygen atoms in total. The van der Waals surface area contributed by atoms with E-state index >= 15 is 0 Å². The summed E-state index contributed by atoms with van der Waals surface area (Å²) in [5, 5.41) is 12.9. The maximum atomic E-state index is 11.7. The molecule has 0 aromatic heterocycles. The van der Waals surface area contributed by atoms with Gasteiger partial charge >= 0.3 is 0 Å². The molecule has 0 bridgehead atoms. The minimum Gasteiger partial charge on any atom is -0.388 e. The first-order valence-electron chi connectivity index (χ1n) is 6.03. The molecule has 1 aromatic rings. The van der Waals surface area contributed by atoms with Gasteiger partial charge in [-0.1, -0.05) is 32.9 Å². The maximum Gasteiger partial charge on any atom is 0.251 e. The predicted molar refractivity (Wildman–Crippen MR) is 77.0 cm³/mol. The second kappa shape index (κ2) is 6.25. The largest absolute Gasteiger partial charge is 0.388 e. The zero-order valence-corrected chi connectivity index (χ0v) is 12.0. The van der Waals surface area contributed by atoms with Crippen molar-refractivity contribution in [2.75, 3.05) is 12.3 Å². The summed E-state index contributed by atoms with van der Waals surface area (Å²) in [6.07, 6.45) is -0.535. The third-order valence-corrected chi connectivity index (χ3v) is 2.93. The molecule has 100 valence electrons. The first-order valence-corrected chi connectivity index (χ1v) is 6.66. The molecule has 4 heteroatoms. The number of aliphatic hydroxyl groups is 1. The highest BCUT2D eigenvalue weighted by Crippen LogP contribution is 2.32. The number of hydrogen-bond donors (Lipinski definition) is 3. The number of nitrogens with one attached hydrogen (secondary N) is 1. The van der Waals surface area contributed by atoms with Crippen molar-refractivity contribution in [2.24, 2.45) is 5.41 Å². The Labute approximate surface area is 114 Å². The van der Waals surface area contributed by atoms with E-state index in [1.165, 1.54) is 0 Å². The van der Waals surface area contributed by atoms with Crippen LogP contribution in [-0.2, 0) is 0 Å². The Hall–Kier alpha value is -1.00. The van der Waals surface area contributed by atoms with Crippen molar-refractivity contribution in [1.82, 2.24) is 5.32 Å². The van der Waals surface area contributed by atoms with E-state index in [-0.39, 0.29) is 11.3 Å². The number of carbonyl (C=O) groups is 1. The molecule has 0 spiro atoms. The number of amides is 1. The Bertz CT molecular complexity index is 395. The van der Waals surface area contributed by atoms with E-state index < -0.39 is 6.10 Å². The molecule has 1 amide bonds. The molecule has 1 unspecified atom stereocenters. The van der Waals surface area contributed by atoms with E-state index in [0.717, 1.165) is 5.56 Å². The average Bonchev–Trinajstić information content (AvgIpc) is 2.34. The van der Waals surface area contributed by atoms with Crippen LogP contribution in [0.5, 0.6) is 0 Å². The average molecular weight is 267 g/mol. The number of carbonyl (C=O) groups excluding carboxylic acids is 1. The zero-order valence-electron chi connectivity index (χ0n) is 11.1. The molecule has 0 saturated carbocycles. The standard InChI is InChI=1S/C14H21NO2S/c1-14(2,3)12(16)10-4-6-11(7-5-10)13(17)15-8-9-18/h4-7,12,16,18H,8-9H2,1-3H3,(H,15,17). The number of benzene rings is 1. The van der Waals surface area contributed by atoms with Gasteiger partial charge in [0.2, 0.25) is 0 Å². The summed E-state index contributed by atoms with van der Waals surface area (Å²) in [6, 6.07) is 7.06. The van der Waals surface area contributed by atoms with Gasteiger partial charge < -0.3 is 10.4 Å². The van der Waals surface area contributed by atoms with Gasteiger partial charge in [0.15, 0.2) is 0 Å². The van der Waals surface area contributed by atoms with E-state index in [2.05, 4.69) is 17.9 Å². The predicted octanol–water partition coefficient (Wildman–Crippen LogP) is 2.43. The summed E-state index contributed by atoms with van der Waals surface area (Å²) in [5.74, 6) is 0.507. The van der Waals surface area contributed by atoms with Crippen molar-refractivity contribution in [3.8, 4) is 0 Å². The van der Waals surface area contributed by atoms with Crippen LogP contribution in [0.25, 0.3) is 0 Å². The van der Waals surface area contributed by atoms with Crippen LogP contribution in [0.2, 0.25) is 0 Å². The topological polar surface area (TPSA) is 49.3 Å². The molecule has 0 aliphatic carbocycles. The van der Waals surface area contributed by atoms with Crippen LogP contribution >= 0.6 is 12.6 Å². The van der Waals surface area contributed by atoms with Crippen molar-refractivity contribution in [2.45, 2.75) is 26.9 Å². The van der Waals surface area contributed by atoms with E-state index in [4.69, 9.17) is 0 Å². The lowest BCUT2D eigenvalue weighted by molar-refractivity contribution is 0.0626. The SMILES string of the molecule is CC(C)(C)C(O)c1ccc(C(=O)NCCS)cc1. The highest BCUT2D eigenvalue weighted by molar-refractivity contribution is 7.80. The van der Waals surface area contributed by atoms with Crippen molar-refractivity contribution < 1.29 is 9.90 Å². The van der Waals surface area contributed by atoms with Crippen LogP contribution in [0.1, 0.15) is 42.8 Å². The number of thiol groups is 1. The lowest BCUT2D eigenvalue weighted by Gasteiger charge is -2.26. The highest BCUT2D eigenvalue weighted by atomic mass is 32.1. The number of hydrogen-bond acceptors (Lipinski definition) is 3. The Kier molecular flexibility index (Phi) is 5.23. The molecule has 0 aliphatic heterocycles. The first-order chi connectivity index (χ1) is 8.36. The molecule has 0 heterocycles. The van der Waals surface area contributed by atoms with Gasteiger partial charge in [-0.2, -0.15) is 12.6 Å². The van der Waals surface area contributed by atoms with Gasteiger partial charge in [0.05, 0.1) is 6.10 Å². The van der Waals surface area contributed by atoms with Crippen molar-refractivity contribution in [3.05, 3.63) is 35.4 Å². The van der Waals surface area contributed by atoms with Crippen LogP contribution in [0.4, 0.5) is 0 Å². The third kappa shape index (κ3) is 4.03. The monoisotopic (exact) mass is 267 g/mol. The van der Waals surface area contributed by atoms with E-state index in [0.29, 0.717) is 17.9 Å². The summed E-state index contributed by atoms with van der Waals surface area (Å²) >= 11 is 4.03. The van der Waals surface area contributed by atoms with Crippen LogP contribution in [0.15, 0.2) is 24.3 Å². The molecule has 18 heavy (non-hydrogen) atoms. The Morgan fingerprint density at radius 2 is 1.89 bits per heavy atom. The molecule has 0 fully saturated rings. The second-order valence-electron chi connectivity index (χ2n) is 5.37. The number of rotatable bonds is 4. The lowest BCUT2D eigenvalue weighted by Crippen LogP contribution is -2.25. The maximum absolute atomic E-state index is 11.7. The van der Waals surface area contributed by atoms with Crippen molar-refractivity contribution in [3.63, 3.8) is 0 Å². The smallest absolute Gasteiger partial charge is 0.251 e. The van der Waals surface area contributed by atoms with Gasteiger partial charge in [-0.05, 0) is 23.1 Å². The molecule has 1 atom stereocenters.